The molecule has 0 radical (unpaired) electrons. The number of sulfonamides is 4. The van der Waals surface area contributed by atoms with Gasteiger partial charge in [0.15, 0.2) is 16.6 Å². The molecule has 8 heterocycles. The van der Waals surface area contributed by atoms with Gasteiger partial charge in [-0.2, -0.15) is 22.3 Å². The molecule has 694 valence electrons. The summed E-state index contributed by atoms with van der Waals surface area (Å²) in [5.41, 5.74) is 13.3. The van der Waals surface area contributed by atoms with Gasteiger partial charge in [-0.15, -0.1) is 22.7 Å². The number of thiazole rings is 2. The Hall–Kier alpha value is -14.0. The van der Waals surface area contributed by atoms with Crippen LogP contribution in [0.15, 0.2) is 372 Å². The number of carbonyl (C=O) groups is 4. The third-order valence-electron chi connectivity index (χ3n) is 21.0. The molecule has 27 nitrogen and oxygen atoms in total. The van der Waals surface area contributed by atoms with Crippen LogP contribution in [0.1, 0.15) is 102 Å². The minimum Gasteiger partial charge on any atom is -0.486 e. The van der Waals surface area contributed by atoms with E-state index in [-0.39, 0.29) is 102 Å². The van der Waals surface area contributed by atoms with E-state index in [1.165, 1.54) is 67.3 Å². The molecule has 0 amide bonds. The van der Waals surface area contributed by atoms with E-state index >= 15 is 0 Å². The second-order valence-electron chi connectivity index (χ2n) is 31.7. The fraction of sp³-hybridized carbons (Fsp3) is 0.175. The first kappa shape index (κ1) is 99.5. The molecule has 16 rings (SSSR count). The van der Waals surface area contributed by atoms with E-state index in [9.17, 15) is 52.8 Å². The minimum absolute atomic E-state index is 0.00189. The SMILES string of the molecule is CC(=O)CCc1cccc(CN(Cc2ccc(-c3ncccn3)cc2)S(=O)(=O)c2ccccn2)c1.CC(=O)CCc1cccc(CN(Cc2ccc(-n3cccn3)cc2)S(=O)(=O)c2cccnc2)c1.CC(=O)COc1cccc(CN(Cc2ccc(-c3nccs3)cc2)S(=O)(=O)c2cccnc2)c1.CC(=O)Cc1cccc(CN(Cc2ccc(-c3nccs3)cc2)S(=O)(=O)c2cccnc2)c1. The summed E-state index contributed by atoms with van der Waals surface area (Å²) in [7, 11) is -15.3. The van der Waals surface area contributed by atoms with Crippen LogP contribution in [0.4, 0.5) is 0 Å². The number of benzene rings is 8. The Balaban J connectivity index is 0.000000153. The number of aryl methyl sites for hydroxylation is 2. The third-order valence-corrected chi connectivity index (χ3v) is 29.7. The molecule has 0 saturated heterocycles. The Kier molecular flexibility index (Phi) is 35.3. The summed E-state index contributed by atoms with van der Waals surface area (Å²) < 4.78 is 121. The highest BCUT2D eigenvalue weighted by molar-refractivity contribution is 7.90. The summed E-state index contributed by atoms with van der Waals surface area (Å²) in [6, 6.07) is 78.6. The average Bonchev–Trinajstić information content (AvgIpc) is 1.06. The van der Waals surface area contributed by atoms with E-state index in [1.54, 1.807) is 158 Å². The lowest BCUT2D eigenvalue weighted by Gasteiger charge is -2.23. The van der Waals surface area contributed by atoms with E-state index in [2.05, 4.69) is 45.0 Å². The van der Waals surface area contributed by atoms with Crippen molar-refractivity contribution in [3.8, 4) is 44.0 Å². The fourth-order valence-electron chi connectivity index (χ4n) is 14.2. The van der Waals surface area contributed by atoms with Gasteiger partial charge >= 0.3 is 0 Å². The quantitative estimate of drug-likeness (QED) is 0.0345. The number of pyridine rings is 4. The number of Topliss-reactive ketones (excluding diaryl/α,β-unsaturated/α-hetero) is 4. The summed E-state index contributed by atoms with van der Waals surface area (Å²) >= 11 is 3.10. The topological polar surface area (TPSA) is 348 Å². The summed E-state index contributed by atoms with van der Waals surface area (Å²) in [6.07, 6.45) is 23.1. The van der Waals surface area contributed by atoms with E-state index in [0.717, 1.165) is 93.6 Å². The van der Waals surface area contributed by atoms with Crippen molar-refractivity contribution in [2.75, 3.05) is 6.61 Å². The number of nitrogens with zero attached hydrogens (tertiary/aromatic N) is 14. The molecule has 0 spiro atoms. The Bertz CT molecular complexity index is 6870. The maximum atomic E-state index is 13.5. The first-order valence-electron chi connectivity index (χ1n) is 43.1. The molecule has 16 aromatic rings. The van der Waals surface area contributed by atoms with Crippen LogP contribution in [0.5, 0.6) is 5.75 Å². The van der Waals surface area contributed by atoms with Gasteiger partial charge in [-0.25, -0.2) is 63.3 Å². The standard InChI is InChI=1S/C27H26N4O3S.C26H26N4O3S.C25H23N3O4S2.C25H23N3O3S2/c1-21(32)9-10-22-6-4-7-24(18-22)20-31(35(33,34)26-8-2-3-15-28-26)19-23-11-13-25(14-12-23)27-29-16-5-17-30-27;1-21(31)8-9-22-5-2-6-24(17-22)20-29(34(32,33)26-7-3-14-27-18-26)19-23-10-12-25(13-11-23)30-16-4-15-28-30;1-19(29)18-32-23-5-2-4-21(14-23)17-28(34(30,31)24-6-3-11-26-15-24)16-20-7-9-22(10-8-20)25-27-12-13-33-25;1-19(29)14-21-4-2-5-22(15-21)18-28(33(30,31)24-6-3-11-26-16-24)17-20-7-9-23(10-8-20)25-27-12-13-32-25/h2-8,11-18H,9-10,19-20H2,1H3;2-7,10-18H,8-9,19-20H2,1H3;2-15H,16-18H2,1H3;2-13,15-16H,14,17-18H2,1H3. The van der Waals surface area contributed by atoms with Crippen LogP contribution in [0.25, 0.3) is 38.2 Å². The lowest BCUT2D eigenvalue weighted by Crippen LogP contribution is -2.31. The zero-order valence-electron chi connectivity index (χ0n) is 74.9. The first-order chi connectivity index (χ1) is 65.7. The van der Waals surface area contributed by atoms with Gasteiger partial charge in [0.2, 0.25) is 30.1 Å². The lowest BCUT2D eigenvalue weighted by atomic mass is 10.0. The summed E-state index contributed by atoms with van der Waals surface area (Å²) in [5, 5.41) is 9.90. The minimum atomic E-state index is -3.85. The normalized spacial score (nSPS) is 11.5. The van der Waals surface area contributed by atoms with Crippen LogP contribution >= 0.6 is 22.7 Å². The van der Waals surface area contributed by atoms with Crippen LogP contribution in [-0.2, 0) is 131 Å². The Morgan fingerprint density at radius 1 is 0.324 bits per heavy atom. The number of ether oxygens (including phenoxy) is 1. The molecular formula is C103H98N14O13S6. The molecule has 0 fully saturated rings. The number of hydrogen-bond donors (Lipinski definition) is 0. The number of ketones is 4. The van der Waals surface area contributed by atoms with Crippen molar-refractivity contribution in [1.29, 1.82) is 0 Å². The van der Waals surface area contributed by atoms with Crippen LogP contribution in [-0.4, -0.2) is 130 Å². The highest BCUT2D eigenvalue weighted by atomic mass is 32.2. The van der Waals surface area contributed by atoms with Crippen molar-refractivity contribution < 1.29 is 57.6 Å². The van der Waals surface area contributed by atoms with E-state index < -0.39 is 40.1 Å². The van der Waals surface area contributed by atoms with E-state index in [4.69, 9.17) is 4.74 Å². The van der Waals surface area contributed by atoms with Gasteiger partial charge in [-0.1, -0.05) is 176 Å². The largest absolute Gasteiger partial charge is 0.486 e. The zero-order chi connectivity index (χ0) is 95.9. The van der Waals surface area contributed by atoms with Crippen molar-refractivity contribution in [3.63, 3.8) is 0 Å². The molecule has 0 aliphatic carbocycles. The Labute approximate surface area is 800 Å². The van der Waals surface area contributed by atoms with E-state index in [0.29, 0.717) is 43.7 Å². The summed E-state index contributed by atoms with van der Waals surface area (Å²) in [6.45, 7) is 7.53. The van der Waals surface area contributed by atoms with Crippen molar-refractivity contribution in [3.05, 3.63) is 413 Å². The van der Waals surface area contributed by atoms with Crippen LogP contribution in [0, 0.1) is 0 Å². The molecule has 0 bridgehead atoms. The average molecular weight is 1930 g/mol. The molecule has 8 aromatic heterocycles. The van der Waals surface area contributed by atoms with Crippen LogP contribution in [0.2, 0.25) is 0 Å². The number of aromatic nitrogens is 10. The summed E-state index contributed by atoms with van der Waals surface area (Å²) in [4.78, 5) is 79.2. The van der Waals surface area contributed by atoms with Gasteiger partial charge in [-0.3, -0.25) is 24.5 Å². The predicted molar refractivity (Wildman–Crippen MR) is 523 cm³/mol. The Morgan fingerprint density at radius 3 is 1.10 bits per heavy atom. The Morgan fingerprint density at radius 2 is 0.713 bits per heavy atom. The van der Waals surface area contributed by atoms with Crippen molar-refractivity contribution in [2.45, 2.75) is 132 Å². The lowest BCUT2D eigenvalue weighted by molar-refractivity contribution is -0.119. The number of rotatable bonds is 39. The second-order valence-corrected chi connectivity index (χ2v) is 41.1. The molecule has 136 heavy (non-hydrogen) atoms. The molecule has 0 unspecified atom stereocenters. The van der Waals surface area contributed by atoms with Gasteiger partial charge in [-0.05, 0) is 187 Å². The molecule has 0 N–H and O–H groups in total. The third kappa shape index (κ3) is 29.0. The molecule has 0 saturated carbocycles. The van der Waals surface area contributed by atoms with Gasteiger partial charge < -0.3 is 14.3 Å². The molecule has 0 aliphatic rings. The maximum absolute atomic E-state index is 13.5. The van der Waals surface area contributed by atoms with Gasteiger partial charge in [0.05, 0.1) is 5.69 Å². The molecule has 0 atom stereocenters. The zero-order valence-corrected chi connectivity index (χ0v) is 79.8. The summed E-state index contributed by atoms with van der Waals surface area (Å²) in [5.74, 6) is 1.35. The first-order valence-corrected chi connectivity index (χ1v) is 50.7. The molecule has 0 aliphatic heterocycles. The maximum Gasteiger partial charge on any atom is 0.261 e. The van der Waals surface area contributed by atoms with Crippen LogP contribution in [0.3, 0.4) is 0 Å². The van der Waals surface area contributed by atoms with Gasteiger partial charge in [0.1, 0.15) is 54.4 Å². The number of hydrogen-bond acceptors (Lipinski definition) is 24. The number of carbonyl (C=O) groups excluding carboxylic acids is 4. The van der Waals surface area contributed by atoms with Gasteiger partial charge in [0.25, 0.3) is 10.0 Å². The highest BCUT2D eigenvalue weighted by Gasteiger charge is 2.31. The molecular weight excluding hydrogens is 1830 g/mol. The van der Waals surface area contributed by atoms with Crippen molar-refractivity contribution in [2.24, 2.45) is 0 Å². The fourth-order valence-corrected chi connectivity index (χ4v) is 21.0. The smallest absolute Gasteiger partial charge is 0.261 e. The predicted octanol–water partition coefficient (Wildman–Crippen LogP) is 17.9. The van der Waals surface area contributed by atoms with Crippen LogP contribution < -0.4 is 4.74 Å². The molecule has 33 heteroatoms. The monoisotopic (exact) mass is 1930 g/mol. The van der Waals surface area contributed by atoms with Gasteiger partial charge in [0, 0.05) is 180 Å². The van der Waals surface area contributed by atoms with Crippen molar-refractivity contribution >= 4 is 85.9 Å². The van der Waals surface area contributed by atoms with Crippen molar-refractivity contribution in [1.82, 2.24) is 66.9 Å². The molecule has 8 aromatic carbocycles. The second kappa shape index (κ2) is 48.3. The highest BCUT2D eigenvalue weighted by Crippen LogP contribution is 2.31. The van der Waals surface area contributed by atoms with E-state index in [1.807, 2.05) is 199 Å².